The summed E-state index contributed by atoms with van der Waals surface area (Å²) in [4.78, 5) is 20.5. The van der Waals surface area contributed by atoms with Crippen molar-refractivity contribution in [3.05, 3.63) is 58.7 Å². The number of hydrogen-bond acceptors (Lipinski definition) is 4. The van der Waals surface area contributed by atoms with Crippen LogP contribution in [0.1, 0.15) is 34.2 Å². The zero-order valence-corrected chi connectivity index (χ0v) is 15.8. The topological polar surface area (TPSA) is 95.8 Å². The van der Waals surface area contributed by atoms with Crippen molar-refractivity contribution in [3.63, 3.8) is 0 Å². The number of anilines is 1. The molecule has 28 heavy (non-hydrogen) atoms. The standard InChI is InChI=1S/C21H22FN5O/c1-3-24-10-18-11(2)26-20(27-18)15-7-6-13(16-9-25-21(28)19(15)16)14-5-4-12(23)8-17(14)22/h4-8,24H,3,9-10,23H2,1-2H3,(H,25,28)(H,26,27). The molecule has 1 aromatic heterocycles. The molecule has 144 valence electrons. The number of nitrogens with one attached hydrogen (secondary N) is 3. The number of carbonyl (C=O) groups excluding carboxylic acids is 1. The summed E-state index contributed by atoms with van der Waals surface area (Å²) in [7, 11) is 0. The van der Waals surface area contributed by atoms with Gasteiger partial charge in [0.1, 0.15) is 11.6 Å². The Kier molecular flexibility index (Phi) is 4.60. The van der Waals surface area contributed by atoms with Gasteiger partial charge < -0.3 is 21.4 Å². The molecule has 1 amide bonds. The molecule has 0 spiro atoms. The molecule has 5 N–H and O–H groups in total. The summed E-state index contributed by atoms with van der Waals surface area (Å²) in [6.45, 7) is 5.86. The monoisotopic (exact) mass is 379 g/mol. The lowest BCUT2D eigenvalue weighted by atomic mass is 9.92. The highest BCUT2D eigenvalue weighted by molar-refractivity contribution is 6.06. The average molecular weight is 379 g/mol. The molecular weight excluding hydrogens is 357 g/mol. The summed E-state index contributed by atoms with van der Waals surface area (Å²) in [6, 6.07) is 8.26. The average Bonchev–Trinajstić information content (AvgIpc) is 3.23. The van der Waals surface area contributed by atoms with Crippen LogP contribution in [0.3, 0.4) is 0 Å². The number of hydrogen-bond donors (Lipinski definition) is 4. The van der Waals surface area contributed by atoms with Crippen molar-refractivity contribution in [1.82, 2.24) is 20.6 Å². The minimum absolute atomic E-state index is 0.176. The SMILES string of the molecule is CCNCc1[nH]c(-c2ccc(-c3ccc(N)cc3F)c3c2C(=O)NC3)nc1C. The molecule has 0 fully saturated rings. The van der Waals surface area contributed by atoms with Crippen molar-refractivity contribution >= 4 is 11.6 Å². The van der Waals surface area contributed by atoms with Gasteiger partial charge >= 0.3 is 0 Å². The number of rotatable bonds is 5. The molecular formula is C21H22FN5O. The molecule has 1 aliphatic rings. The number of aryl methyl sites for hydroxylation is 1. The number of nitrogens with two attached hydrogens (primary N) is 1. The number of nitrogen functional groups attached to an aromatic ring is 1. The Bertz CT molecular complexity index is 1070. The van der Waals surface area contributed by atoms with Crippen LogP contribution in [0.2, 0.25) is 0 Å². The minimum atomic E-state index is -0.406. The van der Waals surface area contributed by atoms with Crippen LogP contribution in [-0.2, 0) is 13.1 Å². The first-order valence-corrected chi connectivity index (χ1v) is 9.25. The zero-order valence-electron chi connectivity index (χ0n) is 15.8. The Hall–Kier alpha value is -3.19. The van der Waals surface area contributed by atoms with Crippen LogP contribution in [0, 0.1) is 12.7 Å². The van der Waals surface area contributed by atoms with Gasteiger partial charge in [0.15, 0.2) is 0 Å². The lowest BCUT2D eigenvalue weighted by Crippen LogP contribution is -2.13. The van der Waals surface area contributed by atoms with Crippen molar-refractivity contribution in [3.8, 4) is 22.5 Å². The number of fused-ring (bicyclic) bond motifs is 1. The predicted molar refractivity (Wildman–Crippen MR) is 107 cm³/mol. The maximum absolute atomic E-state index is 14.5. The largest absolute Gasteiger partial charge is 0.399 e. The maximum Gasteiger partial charge on any atom is 0.252 e. The quantitative estimate of drug-likeness (QED) is 0.512. The van der Waals surface area contributed by atoms with Crippen LogP contribution in [0.25, 0.3) is 22.5 Å². The number of imidazole rings is 1. The minimum Gasteiger partial charge on any atom is -0.399 e. The van der Waals surface area contributed by atoms with Gasteiger partial charge in [-0.05, 0) is 48.9 Å². The van der Waals surface area contributed by atoms with Gasteiger partial charge in [0.05, 0.1) is 17.0 Å². The molecule has 2 heterocycles. The third kappa shape index (κ3) is 3.03. The number of amides is 1. The molecule has 3 aromatic rings. The van der Waals surface area contributed by atoms with Crippen molar-refractivity contribution < 1.29 is 9.18 Å². The van der Waals surface area contributed by atoms with E-state index in [1.54, 1.807) is 12.1 Å². The van der Waals surface area contributed by atoms with Crippen LogP contribution >= 0.6 is 0 Å². The van der Waals surface area contributed by atoms with Crippen molar-refractivity contribution in [2.24, 2.45) is 0 Å². The second-order valence-corrected chi connectivity index (χ2v) is 6.87. The van der Waals surface area contributed by atoms with Crippen LogP contribution in [-0.4, -0.2) is 22.4 Å². The van der Waals surface area contributed by atoms with E-state index >= 15 is 0 Å². The van der Waals surface area contributed by atoms with E-state index in [2.05, 4.69) is 20.6 Å². The highest BCUT2D eigenvalue weighted by atomic mass is 19.1. The number of halogens is 1. The van der Waals surface area contributed by atoms with Crippen molar-refractivity contribution in [2.75, 3.05) is 12.3 Å². The first kappa shape index (κ1) is 18.2. The molecule has 0 unspecified atom stereocenters. The van der Waals surface area contributed by atoms with Gasteiger partial charge in [-0.1, -0.05) is 13.0 Å². The van der Waals surface area contributed by atoms with Gasteiger partial charge in [-0.2, -0.15) is 0 Å². The number of carbonyl (C=O) groups is 1. The Labute approximate surface area is 162 Å². The first-order chi connectivity index (χ1) is 13.5. The van der Waals surface area contributed by atoms with Crippen molar-refractivity contribution in [1.29, 1.82) is 0 Å². The molecule has 1 aliphatic heterocycles. The van der Waals surface area contributed by atoms with E-state index in [0.717, 1.165) is 29.1 Å². The number of nitrogens with zero attached hydrogens (tertiary/aromatic N) is 1. The van der Waals surface area contributed by atoms with Crippen molar-refractivity contribution in [2.45, 2.75) is 26.9 Å². The van der Waals surface area contributed by atoms with Gasteiger partial charge in [0.25, 0.3) is 5.91 Å². The van der Waals surface area contributed by atoms with Gasteiger partial charge in [-0.15, -0.1) is 0 Å². The molecule has 7 heteroatoms. The van der Waals surface area contributed by atoms with E-state index in [1.165, 1.54) is 6.07 Å². The van der Waals surface area contributed by atoms with E-state index in [0.29, 0.717) is 41.3 Å². The third-order valence-corrected chi connectivity index (χ3v) is 5.04. The molecule has 2 aromatic carbocycles. The molecule has 0 saturated heterocycles. The van der Waals surface area contributed by atoms with E-state index in [4.69, 9.17) is 5.73 Å². The molecule has 4 rings (SSSR count). The fourth-order valence-electron chi connectivity index (χ4n) is 3.59. The Morgan fingerprint density at radius 1 is 1.21 bits per heavy atom. The summed E-state index contributed by atoms with van der Waals surface area (Å²) in [5.41, 5.74) is 11.0. The second-order valence-electron chi connectivity index (χ2n) is 6.87. The first-order valence-electron chi connectivity index (χ1n) is 9.25. The highest BCUT2D eigenvalue weighted by Gasteiger charge is 2.28. The number of aromatic nitrogens is 2. The molecule has 0 bridgehead atoms. The lowest BCUT2D eigenvalue weighted by Gasteiger charge is -2.12. The maximum atomic E-state index is 14.5. The second kappa shape index (κ2) is 7.09. The fourth-order valence-corrected chi connectivity index (χ4v) is 3.59. The normalized spacial score (nSPS) is 12.9. The van der Waals surface area contributed by atoms with Crippen LogP contribution < -0.4 is 16.4 Å². The Balaban J connectivity index is 1.84. The molecule has 0 saturated carbocycles. The molecule has 6 nitrogen and oxygen atoms in total. The predicted octanol–water partition coefficient (Wildman–Crippen LogP) is 3.13. The summed E-state index contributed by atoms with van der Waals surface area (Å²) < 4.78 is 14.5. The van der Waals surface area contributed by atoms with Crippen LogP contribution in [0.5, 0.6) is 0 Å². The van der Waals surface area contributed by atoms with E-state index in [-0.39, 0.29) is 5.91 Å². The Morgan fingerprint density at radius 2 is 1.96 bits per heavy atom. The molecule has 0 atom stereocenters. The van der Waals surface area contributed by atoms with Crippen LogP contribution in [0.4, 0.5) is 10.1 Å². The summed E-state index contributed by atoms with van der Waals surface area (Å²) in [5, 5.41) is 6.12. The number of H-pyrrole nitrogens is 1. The smallest absolute Gasteiger partial charge is 0.252 e. The van der Waals surface area contributed by atoms with Gasteiger partial charge in [0.2, 0.25) is 0 Å². The summed E-state index contributed by atoms with van der Waals surface area (Å²) in [5.74, 6) is 0.0593. The summed E-state index contributed by atoms with van der Waals surface area (Å²) in [6.07, 6.45) is 0. The van der Waals surface area contributed by atoms with E-state index < -0.39 is 5.82 Å². The summed E-state index contributed by atoms with van der Waals surface area (Å²) >= 11 is 0. The van der Waals surface area contributed by atoms with E-state index in [9.17, 15) is 9.18 Å². The number of benzene rings is 2. The third-order valence-electron chi connectivity index (χ3n) is 5.04. The highest BCUT2D eigenvalue weighted by Crippen LogP contribution is 2.36. The molecule has 0 radical (unpaired) electrons. The van der Waals surface area contributed by atoms with Gasteiger partial charge in [-0.3, -0.25) is 4.79 Å². The lowest BCUT2D eigenvalue weighted by molar-refractivity contribution is 0.0966. The van der Waals surface area contributed by atoms with Crippen LogP contribution in [0.15, 0.2) is 30.3 Å². The van der Waals surface area contributed by atoms with Gasteiger partial charge in [-0.25, -0.2) is 9.37 Å². The Morgan fingerprint density at radius 3 is 2.71 bits per heavy atom. The van der Waals surface area contributed by atoms with Gasteiger partial charge in [0, 0.05) is 29.9 Å². The van der Waals surface area contributed by atoms with E-state index in [1.807, 2.05) is 26.0 Å². The number of aromatic amines is 1. The fraction of sp³-hybridized carbons (Fsp3) is 0.238. The zero-order chi connectivity index (χ0) is 19.8. The molecule has 0 aliphatic carbocycles.